The first kappa shape index (κ1) is 46.8. The fourth-order valence-corrected chi connectivity index (χ4v) is 5.47. The lowest BCUT2D eigenvalue weighted by Gasteiger charge is -2.39. The van der Waals surface area contributed by atoms with Gasteiger partial charge in [-0.05, 0) is 145 Å². The molecule has 0 heterocycles. The third kappa shape index (κ3) is 19.2. The molecule has 55 heavy (non-hydrogen) atoms. The standard InChI is InChI=1S/C21H28N2.C15H23N.C14H22N2/c1-20(2,3)22-19(17-13-9-7-10-14-17)23(21(4,5)6)18-15-11-8-12-16-18;1-14(2,3)11-12-9-7-8-10-13(12)16-15(4,5)6;1-13(2,3)15-11-9-7-8-10-12(11)16-14(4,5)6/h7-16H,1-6H3;7-11H,1-6H3;7-10H,1-6H3/b;12-11-,16-13?;. The van der Waals surface area contributed by atoms with Crippen LogP contribution in [0.2, 0.25) is 0 Å². The number of anilines is 1. The Balaban J connectivity index is 0.000000293. The molecule has 0 atom stereocenters. The van der Waals surface area contributed by atoms with Gasteiger partial charge in [-0.1, -0.05) is 106 Å². The Hall–Kier alpha value is -4.38. The number of rotatable bonds is 2. The summed E-state index contributed by atoms with van der Waals surface area (Å²) < 4.78 is 0. The Morgan fingerprint density at radius 3 is 1.22 bits per heavy atom. The highest BCUT2D eigenvalue weighted by Crippen LogP contribution is 2.28. The second-order valence-electron chi connectivity index (χ2n) is 20.2. The summed E-state index contributed by atoms with van der Waals surface area (Å²) in [5.41, 5.74) is 6.36. The Bertz CT molecular complexity index is 1650. The van der Waals surface area contributed by atoms with E-state index < -0.39 is 0 Å². The van der Waals surface area contributed by atoms with E-state index in [9.17, 15) is 0 Å². The van der Waals surface area contributed by atoms with E-state index in [1.807, 2.05) is 42.5 Å². The summed E-state index contributed by atoms with van der Waals surface area (Å²) in [6.07, 6.45) is 18.7. The van der Waals surface area contributed by atoms with E-state index >= 15 is 0 Å². The Kier molecular flexibility index (Phi) is 16.1. The van der Waals surface area contributed by atoms with Crippen molar-refractivity contribution in [2.75, 3.05) is 4.90 Å². The number of aliphatic imine (C=N–C) groups is 4. The molecule has 5 nitrogen and oxygen atoms in total. The van der Waals surface area contributed by atoms with Crippen LogP contribution in [0.15, 0.2) is 141 Å². The van der Waals surface area contributed by atoms with Crippen molar-refractivity contribution in [3.05, 3.63) is 126 Å². The van der Waals surface area contributed by atoms with Gasteiger partial charge in [0.15, 0.2) is 0 Å². The zero-order valence-corrected chi connectivity index (χ0v) is 37.7. The van der Waals surface area contributed by atoms with Crippen LogP contribution in [-0.4, -0.2) is 50.7 Å². The van der Waals surface area contributed by atoms with Gasteiger partial charge in [-0.2, -0.15) is 0 Å². The van der Waals surface area contributed by atoms with Gasteiger partial charge in [0.1, 0.15) is 5.84 Å². The number of nitrogens with zero attached hydrogens (tertiary/aromatic N) is 5. The van der Waals surface area contributed by atoms with E-state index in [-0.39, 0.29) is 33.1 Å². The summed E-state index contributed by atoms with van der Waals surface area (Å²) in [6.45, 7) is 38.7. The molecular weight excluding hydrogens is 671 g/mol. The topological polar surface area (TPSA) is 52.7 Å². The van der Waals surface area contributed by atoms with Crippen LogP contribution in [-0.2, 0) is 0 Å². The highest BCUT2D eigenvalue weighted by Gasteiger charge is 2.29. The fourth-order valence-electron chi connectivity index (χ4n) is 5.47. The van der Waals surface area contributed by atoms with Gasteiger partial charge in [-0.15, -0.1) is 0 Å². The fraction of sp³-hybridized carbons (Fsp3) is 0.480. The van der Waals surface area contributed by atoms with Crippen LogP contribution in [0.5, 0.6) is 0 Å². The van der Waals surface area contributed by atoms with Gasteiger partial charge in [-0.25, -0.2) is 0 Å². The maximum Gasteiger partial charge on any atom is 0.136 e. The average Bonchev–Trinajstić information content (AvgIpc) is 3.00. The molecule has 0 aromatic heterocycles. The first-order chi connectivity index (χ1) is 25.0. The Morgan fingerprint density at radius 2 is 0.836 bits per heavy atom. The number of allylic oxidation sites excluding steroid dienone is 10. The van der Waals surface area contributed by atoms with Gasteiger partial charge in [0.25, 0.3) is 0 Å². The van der Waals surface area contributed by atoms with Gasteiger partial charge in [0, 0.05) is 16.8 Å². The first-order valence-electron chi connectivity index (χ1n) is 19.8. The minimum atomic E-state index is -0.149. The molecule has 0 saturated carbocycles. The van der Waals surface area contributed by atoms with Crippen LogP contribution in [0.1, 0.15) is 130 Å². The molecule has 0 spiro atoms. The molecule has 0 radical (unpaired) electrons. The molecule has 0 fully saturated rings. The van der Waals surface area contributed by atoms with E-state index in [1.165, 1.54) is 5.57 Å². The molecule has 0 saturated heterocycles. The molecule has 4 rings (SSSR count). The molecule has 2 aromatic carbocycles. The van der Waals surface area contributed by atoms with Crippen molar-refractivity contribution in [3.8, 4) is 0 Å². The molecule has 0 aliphatic heterocycles. The van der Waals surface area contributed by atoms with Crippen molar-refractivity contribution in [2.45, 2.75) is 152 Å². The maximum absolute atomic E-state index is 5.06. The normalized spacial score (nSPS) is 18.3. The lowest BCUT2D eigenvalue weighted by atomic mass is 9.90. The smallest absolute Gasteiger partial charge is 0.136 e. The van der Waals surface area contributed by atoms with E-state index in [4.69, 9.17) is 9.98 Å². The third-order valence-electron chi connectivity index (χ3n) is 7.14. The zero-order chi connectivity index (χ0) is 41.9. The van der Waals surface area contributed by atoms with Crippen LogP contribution in [0.25, 0.3) is 0 Å². The molecule has 2 aromatic rings. The lowest BCUT2D eigenvalue weighted by Crippen LogP contribution is -2.47. The SMILES string of the molecule is CC(C)(C)/C=C1/C=CC=CC1=NC(C)(C)C.CC(C)(C)N=C(c1ccccc1)N(c1ccccc1)C(C)(C)C.CC(C)(C)N=C1C=CC=CC1=NC(C)(C)C. The van der Waals surface area contributed by atoms with Gasteiger partial charge < -0.3 is 4.90 Å². The monoisotopic (exact) mass is 744 g/mol. The van der Waals surface area contributed by atoms with Gasteiger partial charge in [-0.3, -0.25) is 20.0 Å². The average molecular weight is 744 g/mol. The van der Waals surface area contributed by atoms with Gasteiger partial charge in [0.2, 0.25) is 0 Å². The van der Waals surface area contributed by atoms with Crippen molar-refractivity contribution in [2.24, 2.45) is 25.4 Å². The highest BCUT2D eigenvalue weighted by molar-refractivity contribution is 6.51. The van der Waals surface area contributed by atoms with Crippen molar-refractivity contribution in [1.82, 2.24) is 0 Å². The van der Waals surface area contributed by atoms with Crippen molar-refractivity contribution in [1.29, 1.82) is 0 Å². The predicted octanol–water partition coefficient (Wildman–Crippen LogP) is 13.5. The molecule has 298 valence electrons. The molecule has 0 N–H and O–H groups in total. The van der Waals surface area contributed by atoms with Crippen molar-refractivity contribution in [3.63, 3.8) is 0 Å². The second kappa shape index (κ2) is 19.0. The maximum atomic E-state index is 5.06. The Morgan fingerprint density at radius 1 is 0.455 bits per heavy atom. The lowest BCUT2D eigenvalue weighted by molar-refractivity contribution is 0.542. The second-order valence-corrected chi connectivity index (χ2v) is 20.2. The quantitative estimate of drug-likeness (QED) is 0.172. The van der Waals surface area contributed by atoms with Crippen LogP contribution in [0.4, 0.5) is 5.69 Å². The Labute approximate surface area is 336 Å². The minimum Gasteiger partial charge on any atom is -0.321 e. The predicted molar refractivity (Wildman–Crippen MR) is 247 cm³/mol. The van der Waals surface area contributed by atoms with Gasteiger partial charge >= 0.3 is 0 Å². The first-order valence-corrected chi connectivity index (χ1v) is 19.8. The van der Waals surface area contributed by atoms with Crippen LogP contribution >= 0.6 is 0 Å². The number of amidine groups is 1. The molecule has 0 amide bonds. The number of hydrogen-bond acceptors (Lipinski definition) is 4. The van der Waals surface area contributed by atoms with E-state index in [1.54, 1.807) is 0 Å². The molecular formula is C50H73N5. The van der Waals surface area contributed by atoms with Crippen LogP contribution < -0.4 is 4.90 Å². The van der Waals surface area contributed by atoms with Crippen LogP contribution in [0, 0.1) is 5.41 Å². The minimum absolute atomic E-state index is 0.0260. The number of hydrogen-bond donors (Lipinski definition) is 0. The number of benzene rings is 2. The van der Waals surface area contributed by atoms with E-state index in [0.29, 0.717) is 0 Å². The molecule has 0 bridgehead atoms. The number of para-hydroxylation sites is 1. The highest BCUT2D eigenvalue weighted by atomic mass is 15.2. The summed E-state index contributed by atoms with van der Waals surface area (Å²) >= 11 is 0. The zero-order valence-electron chi connectivity index (χ0n) is 37.7. The molecule has 2 aliphatic rings. The van der Waals surface area contributed by atoms with Gasteiger partial charge in [0.05, 0.1) is 39.3 Å². The summed E-state index contributed by atoms with van der Waals surface area (Å²) in [5.74, 6) is 1.01. The summed E-state index contributed by atoms with van der Waals surface area (Å²) in [5, 5.41) is 0. The molecule has 0 unspecified atom stereocenters. The van der Waals surface area contributed by atoms with Crippen LogP contribution in [0.3, 0.4) is 0 Å². The van der Waals surface area contributed by atoms with Crippen molar-refractivity contribution < 1.29 is 0 Å². The summed E-state index contributed by atoms with van der Waals surface area (Å²) in [7, 11) is 0. The van der Waals surface area contributed by atoms with Crippen molar-refractivity contribution >= 4 is 28.7 Å². The largest absolute Gasteiger partial charge is 0.321 e. The summed E-state index contributed by atoms with van der Waals surface area (Å²) in [4.78, 5) is 21.5. The summed E-state index contributed by atoms with van der Waals surface area (Å²) in [6, 6.07) is 20.9. The van der Waals surface area contributed by atoms with E-state index in [2.05, 4.69) is 212 Å². The molecule has 2 aliphatic carbocycles. The third-order valence-corrected chi connectivity index (χ3v) is 7.14. The van der Waals surface area contributed by atoms with E-state index in [0.717, 1.165) is 34.2 Å². The molecule has 5 heteroatoms.